The summed E-state index contributed by atoms with van der Waals surface area (Å²) in [4.78, 5) is 15.7. The minimum absolute atomic E-state index is 0.225. The standard InChI is InChI=1S/C14H21N3O2/c1-19-14(18)11-6-7-16-13(8-11)17-12(9-15)10-4-2-3-5-10/h6-8,10,12H,2-5,9,15H2,1H3,(H,16,17). The van der Waals surface area contributed by atoms with Gasteiger partial charge in [0.25, 0.3) is 0 Å². The van der Waals surface area contributed by atoms with Crippen LogP contribution in [0.3, 0.4) is 0 Å². The normalized spacial score (nSPS) is 17.2. The summed E-state index contributed by atoms with van der Waals surface area (Å²) in [5, 5.41) is 3.35. The summed E-state index contributed by atoms with van der Waals surface area (Å²) in [7, 11) is 1.37. The van der Waals surface area contributed by atoms with Gasteiger partial charge in [-0.2, -0.15) is 0 Å². The molecule has 1 aliphatic rings. The van der Waals surface area contributed by atoms with Crippen LogP contribution in [-0.2, 0) is 4.74 Å². The Morgan fingerprint density at radius 3 is 2.95 bits per heavy atom. The molecule has 3 N–H and O–H groups in total. The molecule has 0 amide bonds. The number of rotatable bonds is 5. The Kier molecular flexibility index (Phi) is 4.74. The number of ether oxygens (including phenoxy) is 1. The largest absolute Gasteiger partial charge is 0.465 e. The molecule has 1 unspecified atom stereocenters. The third-order valence-corrected chi connectivity index (χ3v) is 3.74. The van der Waals surface area contributed by atoms with E-state index in [0.717, 1.165) is 0 Å². The molecule has 0 bridgehead atoms. The molecular weight excluding hydrogens is 242 g/mol. The molecule has 1 aromatic heterocycles. The van der Waals surface area contributed by atoms with E-state index in [1.807, 2.05) is 0 Å². The van der Waals surface area contributed by atoms with Crippen LogP contribution in [0.25, 0.3) is 0 Å². The van der Waals surface area contributed by atoms with Gasteiger partial charge >= 0.3 is 5.97 Å². The number of nitrogens with two attached hydrogens (primary N) is 1. The topological polar surface area (TPSA) is 77.2 Å². The van der Waals surface area contributed by atoms with Crippen molar-refractivity contribution in [1.29, 1.82) is 0 Å². The monoisotopic (exact) mass is 263 g/mol. The number of anilines is 1. The highest BCUT2D eigenvalue weighted by Gasteiger charge is 2.24. The molecule has 1 heterocycles. The van der Waals surface area contributed by atoms with Gasteiger partial charge in [0.05, 0.1) is 12.7 Å². The Hall–Kier alpha value is -1.62. The molecule has 19 heavy (non-hydrogen) atoms. The highest BCUT2D eigenvalue weighted by Crippen LogP contribution is 2.28. The third-order valence-electron chi connectivity index (χ3n) is 3.74. The highest BCUT2D eigenvalue weighted by molar-refractivity contribution is 5.89. The van der Waals surface area contributed by atoms with E-state index in [4.69, 9.17) is 10.5 Å². The van der Waals surface area contributed by atoms with Crippen LogP contribution in [0, 0.1) is 5.92 Å². The molecule has 1 aromatic rings. The lowest BCUT2D eigenvalue weighted by Crippen LogP contribution is -2.35. The fourth-order valence-corrected chi connectivity index (χ4v) is 2.67. The number of aromatic nitrogens is 1. The molecule has 0 radical (unpaired) electrons. The fourth-order valence-electron chi connectivity index (χ4n) is 2.67. The van der Waals surface area contributed by atoms with E-state index >= 15 is 0 Å². The number of methoxy groups -OCH3 is 1. The Labute approximate surface area is 113 Å². The van der Waals surface area contributed by atoms with Crippen molar-refractivity contribution in [1.82, 2.24) is 4.98 Å². The van der Waals surface area contributed by atoms with Crippen molar-refractivity contribution in [3.63, 3.8) is 0 Å². The Bertz CT molecular complexity index is 430. The van der Waals surface area contributed by atoms with Gasteiger partial charge in [0.1, 0.15) is 5.82 Å². The minimum atomic E-state index is -0.351. The number of carbonyl (C=O) groups excluding carboxylic acids is 1. The van der Waals surface area contributed by atoms with Gasteiger partial charge < -0.3 is 15.8 Å². The number of nitrogens with one attached hydrogen (secondary N) is 1. The fraction of sp³-hybridized carbons (Fsp3) is 0.571. The predicted octanol–water partition coefficient (Wildman–Crippen LogP) is 1.80. The molecular formula is C14H21N3O2. The van der Waals surface area contributed by atoms with Gasteiger partial charge in [-0.05, 0) is 30.9 Å². The van der Waals surface area contributed by atoms with Gasteiger partial charge in [0, 0.05) is 18.8 Å². The van der Waals surface area contributed by atoms with Crippen LogP contribution in [0.2, 0.25) is 0 Å². The van der Waals surface area contributed by atoms with Crippen molar-refractivity contribution in [3.05, 3.63) is 23.9 Å². The summed E-state index contributed by atoms with van der Waals surface area (Å²) in [6, 6.07) is 3.58. The van der Waals surface area contributed by atoms with Gasteiger partial charge in [-0.3, -0.25) is 0 Å². The van der Waals surface area contributed by atoms with Crippen LogP contribution >= 0.6 is 0 Å². The van der Waals surface area contributed by atoms with E-state index in [-0.39, 0.29) is 12.0 Å². The summed E-state index contributed by atoms with van der Waals surface area (Å²) >= 11 is 0. The van der Waals surface area contributed by atoms with E-state index in [1.165, 1.54) is 32.8 Å². The zero-order chi connectivity index (χ0) is 13.7. The molecule has 0 aliphatic heterocycles. The van der Waals surface area contributed by atoms with E-state index in [0.29, 0.717) is 23.8 Å². The lowest BCUT2D eigenvalue weighted by Gasteiger charge is -2.23. The molecule has 1 atom stereocenters. The van der Waals surface area contributed by atoms with Crippen LogP contribution in [0.1, 0.15) is 36.0 Å². The predicted molar refractivity (Wildman–Crippen MR) is 74.0 cm³/mol. The van der Waals surface area contributed by atoms with Crippen molar-refractivity contribution in [3.8, 4) is 0 Å². The smallest absolute Gasteiger partial charge is 0.338 e. The SMILES string of the molecule is COC(=O)c1ccnc(NC(CN)C2CCCC2)c1. The number of hydrogen-bond acceptors (Lipinski definition) is 5. The van der Waals surface area contributed by atoms with Crippen molar-refractivity contribution in [2.45, 2.75) is 31.7 Å². The Morgan fingerprint density at radius 2 is 2.32 bits per heavy atom. The highest BCUT2D eigenvalue weighted by atomic mass is 16.5. The first-order valence-electron chi connectivity index (χ1n) is 6.75. The summed E-state index contributed by atoms with van der Waals surface area (Å²) in [6.07, 6.45) is 6.59. The third kappa shape index (κ3) is 3.44. The second kappa shape index (κ2) is 6.52. The van der Waals surface area contributed by atoms with Crippen molar-refractivity contribution in [2.24, 2.45) is 11.7 Å². The van der Waals surface area contributed by atoms with Gasteiger partial charge in [-0.1, -0.05) is 12.8 Å². The number of carbonyl (C=O) groups is 1. The molecule has 1 saturated carbocycles. The van der Waals surface area contributed by atoms with Crippen LogP contribution < -0.4 is 11.1 Å². The summed E-state index contributed by atoms with van der Waals surface area (Å²) in [5.41, 5.74) is 6.34. The van der Waals surface area contributed by atoms with E-state index < -0.39 is 0 Å². The lowest BCUT2D eigenvalue weighted by atomic mass is 9.98. The van der Waals surface area contributed by atoms with Crippen LogP contribution in [0.15, 0.2) is 18.3 Å². The van der Waals surface area contributed by atoms with Gasteiger partial charge in [0.2, 0.25) is 0 Å². The van der Waals surface area contributed by atoms with Crippen molar-refractivity contribution >= 4 is 11.8 Å². The second-order valence-electron chi connectivity index (χ2n) is 4.95. The number of nitrogens with zero attached hydrogens (tertiary/aromatic N) is 1. The zero-order valence-corrected chi connectivity index (χ0v) is 11.3. The lowest BCUT2D eigenvalue weighted by molar-refractivity contribution is 0.0600. The quantitative estimate of drug-likeness (QED) is 0.792. The molecule has 0 saturated heterocycles. The first-order chi connectivity index (χ1) is 9.24. The number of esters is 1. The van der Waals surface area contributed by atoms with Gasteiger partial charge in [-0.25, -0.2) is 9.78 Å². The van der Waals surface area contributed by atoms with Crippen LogP contribution in [0.4, 0.5) is 5.82 Å². The average molecular weight is 263 g/mol. The first-order valence-corrected chi connectivity index (χ1v) is 6.75. The molecule has 2 rings (SSSR count). The minimum Gasteiger partial charge on any atom is -0.465 e. The second-order valence-corrected chi connectivity index (χ2v) is 4.95. The maximum atomic E-state index is 11.5. The van der Waals surface area contributed by atoms with Crippen molar-refractivity contribution in [2.75, 3.05) is 19.0 Å². The molecule has 0 spiro atoms. The van der Waals surface area contributed by atoms with E-state index in [1.54, 1.807) is 18.3 Å². The Balaban J connectivity index is 2.06. The zero-order valence-electron chi connectivity index (χ0n) is 11.3. The number of pyridine rings is 1. The molecule has 5 heteroatoms. The maximum Gasteiger partial charge on any atom is 0.338 e. The molecule has 5 nitrogen and oxygen atoms in total. The van der Waals surface area contributed by atoms with Gasteiger partial charge in [-0.15, -0.1) is 0 Å². The molecule has 1 fully saturated rings. The number of hydrogen-bond donors (Lipinski definition) is 2. The van der Waals surface area contributed by atoms with Crippen molar-refractivity contribution < 1.29 is 9.53 Å². The summed E-state index contributed by atoms with van der Waals surface area (Å²) in [6.45, 7) is 0.578. The Morgan fingerprint density at radius 1 is 1.58 bits per heavy atom. The van der Waals surface area contributed by atoms with E-state index in [2.05, 4.69) is 10.3 Å². The van der Waals surface area contributed by atoms with Crippen LogP contribution in [0.5, 0.6) is 0 Å². The summed E-state index contributed by atoms with van der Waals surface area (Å²) < 4.78 is 4.70. The molecule has 104 valence electrons. The van der Waals surface area contributed by atoms with Crippen LogP contribution in [-0.4, -0.2) is 30.6 Å². The van der Waals surface area contributed by atoms with Gasteiger partial charge in [0.15, 0.2) is 0 Å². The average Bonchev–Trinajstić information content (AvgIpc) is 2.98. The molecule has 1 aliphatic carbocycles. The summed E-state index contributed by atoms with van der Waals surface area (Å²) in [5.74, 6) is 0.939. The maximum absolute atomic E-state index is 11.5. The molecule has 0 aromatic carbocycles. The van der Waals surface area contributed by atoms with E-state index in [9.17, 15) is 4.79 Å². The first kappa shape index (κ1) is 13.8.